The van der Waals surface area contributed by atoms with E-state index in [9.17, 15) is 4.79 Å². The van der Waals surface area contributed by atoms with Gasteiger partial charge in [-0.2, -0.15) is 0 Å². The minimum Gasteiger partial charge on any atom is -0.336 e. The molecule has 0 saturated carbocycles. The molecular formula is C18H17N3O. The van der Waals surface area contributed by atoms with Crippen molar-refractivity contribution in [2.75, 3.05) is 26.2 Å². The third-order valence-corrected chi connectivity index (χ3v) is 3.51. The van der Waals surface area contributed by atoms with Crippen LogP contribution < -0.4 is 5.32 Å². The maximum absolute atomic E-state index is 12.4. The Morgan fingerprint density at radius 1 is 1.05 bits per heavy atom. The molecule has 1 aliphatic heterocycles. The van der Waals surface area contributed by atoms with Gasteiger partial charge in [0.2, 0.25) is 0 Å². The van der Waals surface area contributed by atoms with E-state index >= 15 is 0 Å². The lowest BCUT2D eigenvalue weighted by atomic mass is 10.1. The van der Waals surface area contributed by atoms with Crippen molar-refractivity contribution in [1.82, 2.24) is 15.2 Å². The van der Waals surface area contributed by atoms with Gasteiger partial charge in [-0.15, -0.1) is 0 Å². The molecule has 0 bridgehead atoms. The van der Waals surface area contributed by atoms with E-state index in [2.05, 4.69) is 22.1 Å². The Morgan fingerprint density at radius 2 is 1.77 bits per heavy atom. The first-order chi connectivity index (χ1) is 10.8. The van der Waals surface area contributed by atoms with Crippen molar-refractivity contribution in [3.8, 4) is 11.8 Å². The van der Waals surface area contributed by atoms with E-state index in [1.165, 1.54) is 0 Å². The van der Waals surface area contributed by atoms with E-state index in [4.69, 9.17) is 0 Å². The Morgan fingerprint density at radius 3 is 2.55 bits per heavy atom. The van der Waals surface area contributed by atoms with Gasteiger partial charge in [0.15, 0.2) is 0 Å². The normalized spacial score (nSPS) is 14.1. The molecule has 4 heteroatoms. The Balaban J connectivity index is 1.78. The van der Waals surface area contributed by atoms with Gasteiger partial charge in [-0.1, -0.05) is 30.0 Å². The minimum absolute atomic E-state index is 0.0253. The SMILES string of the molecule is O=C(c1cncc(C#Cc2ccccc2)c1)N1CCNCC1. The fraction of sp³-hybridized carbons (Fsp3) is 0.222. The highest BCUT2D eigenvalue weighted by atomic mass is 16.2. The third kappa shape index (κ3) is 3.51. The molecule has 1 aromatic carbocycles. The predicted molar refractivity (Wildman–Crippen MR) is 85.4 cm³/mol. The van der Waals surface area contributed by atoms with Gasteiger partial charge in [0.05, 0.1) is 5.56 Å². The number of rotatable bonds is 1. The first-order valence-electron chi connectivity index (χ1n) is 7.35. The van der Waals surface area contributed by atoms with Gasteiger partial charge in [0.1, 0.15) is 0 Å². The van der Waals surface area contributed by atoms with Crippen LogP contribution in [0.2, 0.25) is 0 Å². The number of carbonyl (C=O) groups is 1. The molecule has 1 amide bonds. The van der Waals surface area contributed by atoms with Crippen molar-refractivity contribution in [2.24, 2.45) is 0 Å². The molecule has 0 atom stereocenters. The predicted octanol–water partition coefficient (Wildman–Crippen LogP) is 1.53. The number of amides is 1. The van der Waals surface area contributed by atoms with Crippen LogP contribution in [0.25, 0.3) is 0 Å². The summed E-state index contributed by atoms with van der Waals surface area (Å²) >= 11 is 0. The van der Waals surface area contributed by atoms with Crippen molar-refractivity contribution in [3.05, 3.63) is 65.5 Å². The van der Waals surface area contributed by atoms with E-state index in [0.717, 1.165) is 37.3 Å². The molecule has 1 N–H and O–H groups in total. The topological polar surface area (TPSA) is 45.2 Å². The molecule has 2 aromatic rings. The summed E-state index contributed by atoms with van der Waals surface area (Å²) in [6, 6.07) is 11.6. The summed E-state index contributed by atoms with van der Waals surface area (Å²) in [7, 11) is 0. The summed E-state index contributed by atoms with van der Waals surface area (Å²) in [5.41, 5.74) is 2.30. The third-order valence-electron chi connectivity index (χ3n) is 3.51. The van der Waals surface area contributed by atoms with Crippen LogP contribution in [0.4, 0.5) is 0 Å². The fourth-order valence-corrected chi connectivity index (χ4v) is 2.34. The zero-order valence-corrected chi connectivity index (χ0v) is 12.2. The maximum Gasteiger partial charge on any atom is 0.255 e. The van der Waals surface area contributed by atoms with E-state index in [1.54, 1.807) is 12.4 Å². The van der Waals surface area contributed by atoms with Crippen molar-refractivity contribution in [1.29, 1.82) is 0 Å². The molecule has 1 fully saturated rings. The molecule has 1 aliphatic rings. The van der Waals surface area contributed by atoms with Gasteiger partial charge in [-0.25, -0.2) is 0 Å². The molecule has 0 radical (unpaired) electrons. The maximum atomic E-state index is 12.4. The van der Waals surface area contributed by atoms with Gasteiger partial charge in [-0.3, -0.25) is 9.78 Å². The second-order valence-corrected chi connectivity index (χ2v) is 5.12. The van der Waals surface area contributed by atoms with E-state index in [-0.39, 0.29) is 5.91 Å². The number of benzene rings is 1. The van der Waals surface area contributed by atoms with Gasteiger partial charge < -0.3 is 10.2 Å². The first-order valence-corrected chi connectivity index (χ1v) is 7.35. The summed E-state index contributed by atoms with van der Waals surface area (Å²) in [6.07, 6.45) is 3.29. The molecule has 1 saturated heterocycles. The first kappa shape index (κ1) is 14.3. The summed E-state index contributed by atoms with van der Waals surface area (Å²) in [4.78, 5) is 18.4. The zero-order valence-electron chi connectivity index (χ0n) is 12.2. The molecule has 22 heavy (non-hydrogen) atoms. The number of pyridine rings is 1. The number of piperazine rings is 1. The second-order valence-electron chi connectivity index (χ2n) is 5.12. The van der Waals surface area contributed by atoms with Crippen LogP contribution in [0.3, 0.4) is 0 Å². The molecule has 110 valence electrons. The van der Waals surface area contributed by atoms with Crippen LogP contribution in [0.1, 0.15) is 21.5 Å². The van der Waals surface area contributed by atoms with E-state index < -0.39 is 0 Å². The van der Waals surface area contributed by atoms with Gasteiger partial charge in [0.25, 0.3) is 5.91 Å². The van der Waals surface area contributed by atoms with Gasteiger partial charge >= 0.3 is 0 Å². The number of hydrogen-bond donors (Lipinski definition) is 1. The lowest BCUT2D eigenvalue weighted by molar-refractivity contribution is 0.0735. The average Bonchev–Trinajstić information content (AvgIpc) is 2.61. The number of carbonyl (C=O) groups excluding carboxylic acids is 1. The van der Waals surface area contributed by atoms with Crippen LogP contribution in [-0.2, 0) is 0 Å². The number of hydrogen-bond acceptors (Lipinski definition) is 3. The molecule has 0 unspecified atom stereocenters. The Bertz CT molecular complexity index is 710. The lowest BCUT2D eigenvalue weighted by Gasteiger charge is -2.27. The number of nitrogens with zero attached hydrogens (tertiary/aromatic N) is 2. The molecule has 2 heterocycles. The van der Waals surface area contributed by atoms with Crippen LogP contribution in [0.5, 0.6) is 0 Å². The summed E-state index contributed by atoms with van der Waals surface area (Å²) in [5.74, 6) is 6.17. The minimum atomic E-state index is 0.0253. The second kappa shape index (κ2) is 6.88. The lowest BCUT2D eigenvalue weighted by Crippen LogP contribution is -2.46. The average molecular weight is 291 g/mol. The smallest absolute Gasteiger partial charge is 0.255 e. The molecule has 1 aromatic heterocycles. The van der Waals surface area contributed by atoms with Crippen LogP contribution in [-0.4, -0.2) is 42.0 Å². The molecule has 4 nitrogen and oxygen atoms in total. The summed E-state index contributed by atoms with van der Waals surface area (Å²) in [6.45, 7) is 3.15. The van der Waals surface area contributed by atoms with Crippen molar-refractivity contribution < 1.29 is 4.79 Å². The van der Waals surface area contributed by atoms with E-state index in [0.29, 0.717) is 5.56 Å². The summed E-state index contributed by atoms with van der Waals surface area (Å²) < 4.78 is 0. The fourth-order valence-electron chi connectivity index (χ4n) is 2.34. The quantitative estimate of drug-likeness (QED) is 0.810. The highest BCUT2D eigenvalue weighted by Crippen LogP contribution is 2.07. The zero-order chi connectivity index (χ0) is 15.2. The molecule has 0 spiro atoms. The van der Waals surface area contributed by atoms with Crippen molar-refractivity contribution >= 4 is 5.91 Å². The summed E-state index contributed by atoms with van der Waals surface area (Å²) in [5, 5.41) is 3.24. The van der Waals surface area contributed by atoms with E-state index in [1.807, 2.05) is 41.3 Å². The van der Waals surface area contributed by atoms with Gasteiger partial charge in [0, 0.05) is 49.7 Å². The molecular weight excluding hydrogens is 274 g/mol. The van der Waals surface area contributed by atoms with Crippen LogP contribution in [0, 0.1) is 11.8 Å². The Kier molecular flexibility index (Phi) is 4.47. The monoisotopic (exact) mass is 291 g/mol. The highest BCUT2D eigenvalue weighted by molar-refractivity contribution is 5.94. The Hall–Kier alpha value is -2.64. The molecule has 0 aliphatic carbocycles. The van der Waals surface area contributed by atoms with Gasteiger partial charge in [-0.05, 0) is 18.2 Å². The van der Waals surface area contributed by atoms with Crippen molar-refractivity contribution in [3.63, 3.8) is 0 Å². The largest absolute Gasteiger partial charge is 0.336 e. The van der Waals surface area contributed by atoms with Crippen LogP contribution in [0.15, 0.2) is 48.8 Å². The standard InChI is InChI=1S/C18H17N3O/c22-18(21-10-8-19-9-11-21)17-12-16(13-20-14-17)7-6-15-4-2-1-3-5-15/h1-5,12-14,19H,8-11H2. The number of aromatic nitrogens is 1. The van der Waals surface area contributed by atoms with Crippen LogP contribution >= 0.6 is 0 Å². The number of nitrogens with one attached hydrogen (secondary N) is 1. The van der Waals surface area contributed by atoms with Crippen molar-refractivity contribution in [2.45, 2.75) is 0 Å². The Labute approximate surface area is 130 Å². The molecule has 3 rings (SSSR count). The highest BCUT2D eigenvalue weighted by Gasteiger charge is 2.18.